The number of hydrogen-bond donors (Lipinski definition) is 1. The second-order valence-corrected chi connectivity index (χ2v) is 5.00. The summed E-state index contributed by atoms with van der Waals surface area (Å²) < 4.78 is 7.32. The van der Waals surface area contributed by atoms with E-state index < -0.39 is 5.97 Å². The van der Waals surface area contributed by atoms with Crippen LogP contribution in [0, 0.1) is 5.92 Å². The van der Waals surface area contributed by atoms with Gasteiger partial charge >= 0.3 is 5.97 Å². The lowest BCUT2D eigenvalue weighted by Gasteiger charge is -2.05. The van der Waals surface area contributed by atoms with Crippen molar-refractivity contribution in [3.63, 3.8) is 0 Å². The molecular weight excluding hydrogens is 244 g/mol. The number of fused-ring (bicyclic) bond motifs is 1. The lowest BCUT2D eigenvalue weighted by molar-refractivity contribution is 0.0697. The average molecular weight is 262 g/mol. The van der Waals surface area contributed by atoms with Gasteiger partial charge in [-0.25, -0.2) is 4.79 Å². The van der Waals surface area contributed by atoms with E-state index in [9.17, 15) is 4.79 Å². The molecule has 0 radical (unpaired) electrons. The number of benzene rings is 1. The van der Waals surface area contributed by atoms with Gasteiger partial charge in [0.15, 0.2) is 0 Å². The van der Waals surface area contributed by atoms with Crippen molar-refractivity contribution in [2.45, 2.75) is 20.3 Å². The number of aryl methyl sites for hydroxylation is 1. The molecule has 0 aliphatic carbocycles. The van der Waals surface area contributed by atoms with E-state index in [1.165, 1.54) is 0 Å². The summed E-state index contributed by atoms with van der Waals surface area (Å²) in [6, 6.07) is 4.93. The minimum absolute atomic E-state index is 0.254. The number of carbonyl (C=O) groups is 1. The number of ether oxygens (including phenoxy) is 1. The van der Waals surface area contributed by atoms with Gasteiger partial charge in [-0.15, -0.1) is 5.10 Å². The van der Waals surface area contributed by atoms with Crippen LogP contribution in [0.15, 0.2) is 18.2 Å². The topological polar surface area (TPSA) is 64.4 Å². The van der Waals surface area contributed by atoms with Gasteiger partial charge in [0, 0.05) is 7.05 Å². The number of rotatable bonds is 5. The van der Waals surface area contributed by atoms with Gasteiger partial charge in [0.1, 0.15) is 0 Å². The molecule has 0 aliphatic rings. The molecule has 2 rings (SSSR count). The van der Waals surface area contributed by atoms with E-state index in [-0.39, 0.29) is 5.56 Å². The van der Waals surface area contributed by atoms with E-state index in [0.29, 0.717) is 18.4 Å². The highest BCUT2D eigenvalue weighted by molar-refractivity contribution is 5.94. The molecule has 1 N–H and O–H groups in total. The molecule has 1 aromatic carbocycles. The Morgan fingerprint density at radius 1 is 1.47 bits per heavy atom. The quantitative estimate of drug-likeness (QED) is 0.899. The molecule has 0 saturated heterocycles. The van der Waals surface area contributed by atoms with Crippen molar-refractivity contribution in [3.05, 3.63) is 23.8 Å². The van der Waals surface area contributed by atoms with Crippen LogP contribution in [-0.4, -0.2) is 27.5 Å². The van der Waals surface area contributed by atoms with Crippen molar-refractivity contribution in [3.8, 4) is 5.88 Å². The van der Waals surface area contributed by atoms with Crippen LogP contribution in [0.5, 0.6) is 5.88 Å². The van der Waals surface area contributed by atoms with Gasteiger partial charge in [0.25, 0.3) is 0 Å². The zero-order valence-electron chi connectivity index (χ0n) is 11.4. The first-order chi connectivity index (χ1) is 8.99. The van der Waals surface area contributed by atoms with E-state index in [1.54, 1.807) is 29.9 Å². The normalized spacial score (nSPS) is 11.2. The largest absolute Gasteiger partial charge is 0.478 e. The molecule has 0 saturated carbocycles. The minimum atomic E-state index is -0.939. The predicted molar refractivity (Wildman–Crippen MR) is 72.6 cm³/mol. The summed E-state index contributed by atoms with van der Waals surface area (Å²) in [5.74, 6) is 0.203. The van der Waals surface area contributed by atoms with Crippen LogP contribution in [-0.2, 0) is 7.05 Å². The van der Waals surface area contributed by atoms with Gasteiger partial charge in [0.05, 0.1) is 23.1 Å². The molecule has 19 heavy (non-hydrogen) atoms. The van der Waals surface area contributed by atoms with Gasteiger partial charge < -0.3 is 9.84 Å². The standard InChI is InChI=1S/C14H18N2O3/c1-9(2)6-7-19-13-11-5-4-10(14(17)18)8-12(11)16(3)15-13/h4-5,8-9H,6-7H2,1-3H3,(H,17,18). The molecule has 5 nitrogen and oxygen atoms in total. The fraction of sp³-hybridized carbons (Fsp3) is 0.429. The second kappa shape index (κ2) is 5.30. The predicted octanol–water partition coefficient (Wildman–Crippen LogP) is 2.70. The Hall–Kier alpha value is -2.04. The summed E-state index contributed by atoms with van der Waals surface area (Å²) in [7, 11) is 1.78. The van der Waals surface area contributed by atoms with Crippen LogP contribution in [0.3, 0.4) is 0 Å². The van der Waals surface area contributed by atoms with Gasteiger partial charge in [0.2, 0.25) is 5.88 Å². The summed E-state index contributed by atoms with van der Waals surface area (Å²) in [6.45, 7) is 4.89. The lowest BCUT2D eigenvalue weighted by Crippen LogP contribution is -2.02. The highest BCUT2D eigenvalue weighted by Gasteiger charge is 2.12. The summed E-state index contributed by atoms with van der Waals surface area (Å²) in [5.41, 5.74) is 1.02. The van der Waals surface area contributed by atoms with Crippen LogP contribution < -0.4 is 4.74 Å². The van der Waals surface area contributed by atoms with E-state index in [2.05, 4.69) is 18.9 Å². The number of aromatic carboxylic acids is 1. The van der Waals surface area contributed by atoms with E-state index in [0.717, 1.165) is 17.3 Å². The first-order valence-corrected chi connectivity index (χ1v) is 6.32. The molecule has 0 aliphatic heterocycles. The SMILES string of the molecule is CC(C)CCOc1nn(C)c2cc(C(=O)O)ccc12. The third-order valence-corrected chi connectivity index (χ3v) is 3.00. The molecule has 2 aromatic rings. The van der Waals surface area contributed by atoms with E-state index >= 15 is 0 Å². The third-order valence-electron chi connectivity index (χ3n) is 3.00. The second-order valence-electron chi connectivity index (χ2n) is 5.00. The van der Waals surface area contributed by atoms with Crippen LogP contribution >= 0.6 is 0 Å². The highest BCUT2D eigenvalue weighted by atomic mass is 16.5. The summed E-state index contributed by atoms with van der Waals surface area (Å²) in [6.07, 6.45) is 0.964. The Kier molecular flexibility index (Phi) is 3.74. The maximum atomic E-state index is 10.9. The van der Waals surface area contributed by atoms with Crippen LogP contribution in [0.25, 0.3) is 10.9 Å². The van der Waals surface area contributed by atoms with Crippen molar-refractivity contribution < 1.29 is 14.6 Å². The molecule has 5 heteroatoms. The first-order valence-electron chi connectivity index (χ1n) is 6.32. The van der Waals surface area contributed by atoms with Gasteiger partial charge in [-0.3, -0.25) is 4.68 Å². The van der Waals surface area contributed by atoms with Crippen molar-refractivity contribution >= 4 is 16.9 Å². The van der Waals surface area contributed by atoms with Gasteiger partial charge in [-0.2, -0.15) is 0 Å². The Labute approximate surface area is 111 Å². The minimum Gasteiger partial charge on any atom is -0.478 e. The molecule has 0 spiro atoms. The Balaban J connectivity index is 2.29. The van der Waals surface area contributed by atoms with Crippen molar-refractivity contribution in [1.29, 1.82) is 0 Å². The van der Waals surface area contributed by atoms with Crippen LogP contribution in [0.4, 0.5) is 0 Å². The molecule has 1 heterocycles. The van der Waals surface area contributed by atoms with Crippen LogP contribution in [0.1, 0.15) is 30.6 Å². The Bertz CT molecular complexity index is 602. The molecule has 1 aromatic heterocycles. The smallest absolute Gasteiger partial charge is 0.335 e. The lowest BCUT2D eigenvalue weighted by atomic mass is 10.1. The Morgan fingerprint density at radius 2 is 2.21 bits per heavy atom. The van der Waals surface area contributed by atoms with Crippen molar-refractivity contribution in [1.82, 2.24) is 9.78 Å². The van der Waals surface area contributed by atoms with E-state index in [4.69, 9.17) is 9.84 Å². The van der Waals surface area contributed by atoms with Crippen LogP contribution in [0.2, 0.25) is 0 Å². The zero-order chi connectivity index (χ0) is 14.0. The number of hydrogen-bond acceptors (Lipinski definition) is 3. The third kappa shape index (κ3) is 2.86. The number of carboxylic acids is 1. The summed E-state index contributed by atoms with van der Waals surface area (Å²) >= 11 is 0. The summed E-state index contributed by atoms with van der Waals surface area (Å²) in [4.78, 5) is 10.9. The Morgan fingerprint density at radius 3 is 2.84 bits per heavy atom. The molecule has 0 unspecified atom stereocenters. The number of nitrogens with zero attached hydrogens (tertiary/aromatic N) is 2. The van der Waals surface area contributed by atoms with Crippen molar-refractivity contribution in [2.24, 2.45) is 13.0 Å². The van der Waals surface area contributed by atoms with Crippen molar-refractivity contribution in [2.75, 3.05) is 6.61 Å². The molecular formula is C14H18N2O3. The van der Waals surface area contributed by atoms with Gasteiger partial charge in [-0.1, -0.05) is 13.8 Å². The fourth-order valence-corrected chi connectivity index (χ4v) is 1.86. The monoisotopic (exact) mass is 262 g/mol. The molecule has 0 fully saturated rings. The summed E-state index contributed by atoms with van der Waals surface area (Å²) in [5, 5.41) is 14.1. The molecule has 0 amide bonds. The average Bonchev–Trinajstić information content (AvgIpc) is 2.66. The van der Waals surface area contributed by atoms with E-state index in [1.807, 2.05) is 0 Å². The maximum Gasteiger partial charge on any atom is 0.335 e. The first kappa shape index (κ1) is 13.4. The highest BCUT2D eigenvalue weighted by Crippen LogP contribution is 2.25. The number of aromatic nitrogens is 2. The zero-order valence-corrected chi connectivity index (χ0v) is 11.4. The molecule has 0 bridgehead atoms. The molecule has 102 valence electrons. The maximum absolute atomic E-state index is 10.9. The number of carboxylic acid groups (broad SMARTS) is 1. The fourth-order valence-electron chi connectivity index (χ4n) is 1.86. The van der Waals surface area contributed by atoms with Gasteiger partial charge in [-0.05, 0) is 30.5 Å². The molecule has 0 atom stereocenters.